The molecule has 1 saturated heterocycles. The molecule has 1 fully saturated rings. The van der Waals surface area contributed by atoms with E-state index in [0.29, 0.717) is 35.0 Å². The maximum absolute atomic E-state index is 14.0. The van der Waals surface area contributed by atoms with E-state index in [1.807, 2.05) is 72.8 Å². The first-order chi connectivity index (χ1) is 25.1. The zero-order valence-electron chi connectivity index (χ0n) is 28.6. The fraction of sp³-hybridized carbons (Fsp3) is 0.178. The Morgan fingerprint density at radius 3 is 1.94 bits per heavy atom. The number of hydrogen-bond donors (Lipinski definition) is 0. The number of nitrogens with zero attached hydrogens (tertiary/aromatic N) is 1. The zero-order chi connectivity index (χ0) is 34.5. The Balaban J connectivity index is 1.31. The second-order valence-corrected chi connectivity index (χ2v) is 13.4. The molecule has 0 spiro atoms. The van der Waals surface area contributed by atoms with Crippen molar-refractivity contribution in [2.24, 2.45) is 0 Å². The highest BCUT2D eigenvalue weighted by molar-refractivity contribution is 6.13. The van der Waals surface area contributed by atoms with Gasteiger partial charge in [0.2, 0.25) is 0 Å². The summed E-state index contributed by atoms with van der Waals surface area (Å²) in [5.41, 5.74) is 7.15. The minimum absolute atomic E-state index is 0.385. The number of anilines is 1. The van der Waals surface area contributed by atoms with Crippen LogP contribution in [0.15, 0.2) is 121 Å². The normalized spacial score (nSPS) is 17.2. The SMILES string of the molecule is COC(=O)c1c2c(c3cc4c(cc3c1-c1ccccc1)Oc1ccccc1O4)CC(c1ccc(OC)cc1)(c1ccc(N3CCCC3)cc1)C=C2. The third-order valence-corrected chi connectivity index (χ3v) is 10.7. The van der Waals surface area contributed by atoms with Crippen LogP contribution in [0.3, 0.4) is 0 Å². The zero-order valence-corrected chi connectivity index (χ0v) is 28.6. The van der Waals surface area contributed by atoms with Crippen molar-refractivity contribution in [3.63, 3.8) is 0 Å². The van der Waals surface area contributed by atoms with Crippen molar-refractivity contribution >= 4 is 28.5 Å². The summed E-state index contributed by atoms with van der Waals surface area (Å²) in [5, 5.41) is 1.89. The lowest BCUT2D eigenvalue weighted by molar-refractivity contribution is 0.0601. The number of benzene rings is 6. The minimum atomic E-state index is -0.544. The van der Waals surface area contributed by atoms with Gasteiger partial charge in [0.05, 0.1) is 19.8 Å². The minimum Gasteiger partial charge on any atom is -0.497 e. The predicted octanol–water partition coefficient (Wildman–Crippen LogP) is 10.4. The van der Waals surface area contributed by atoms with Crippen molar-refractivity contribution in [3.05, 3.63) is 149 Å². The maximum atomic E-state index is 14.0. The van der Waals surface area contributed by atoms with Crippen molar-refractivity contribution in [3.8, 4) is 39.9 Å². The number of carbonyl (C=O) groups excluding carboxylic acids is 1. The first kappa shape index (κ1) is 31.0. The quantitative estimate of drug-likeness (QED) is 0.164. The van der Waals surface area contributed by atoms with Gasteiger partial charge in [0.1, 0.15) is 5.75 Å². The van der Waals surface area contributed by atoms with E-state index < -0.39 is 5.41 Å². The number of ether oxygens (including phenoxy) is 4. The van der Waals surface area contributed by atoms with E-state index in [4.69, 9.17) is 18.9 Å². The summed E-state index contributed by atoms with van der Waals surface area (Å²) in [6.07, 6.45) is 7.44. The standard InChI is InChI=1S/C45H37NO5/c1-48-33-20-16-31(17-21-33)45(30-14-18-32(19-15-30)46-24-8-9-25-46)23-22-34-37(28-45)35-26-40-41(51-39-13-7-6-12-38(39)50-40)27-36(35)42(43(34)44(47)49-2)29-10-4-3-5-11-29/h3-7,10-23,26-27H,8-9,24-25,28H2,1-2H3. The van der Waals surface area contributed by atoms with E-state index in [9.17, 15) is 4.79 Å². The second-order valence-electron chi connectivity index (χ2n) is 13.4. The highest BCUT2D eigenvalue weighted by Crippen LogP contribution is 2.52. The van der Waals surface area contributed by atoms with E-state index in [1.165, 1.54) is 31.2 Å². The number of fused-ring (bicyclic) bond motifs is 5. The lowest BCUT2D eigenvalue weighted by Gasteiger charge is -2.37. The van der Waals surface area contributed by atoms with Crippen LogP contribution in [0.2, 0.25) is 0 Å². The van der Waals surface area contributed by atoms with Gasteiger partial charge >= 0.3 is 5.97 Å². The molecular weight excluding hydrogens is 634 g/mol. The van der Waals surface area contributed by atoms with E-state index in [2.05, 4.69) is 59.5 Å². The van der Waals surface area contributed by atoms with Crippen LogP contribution in [-0.2, 0) is 16.6 Å². The number of para-hydroxylation sites is 2. The highest BCUT2D eigenvalue weighted by atomic mass is 16.6. The van der Waals surface area contributed by atoms with Crippen LogP contribution >= 0.6 is 0 Å². The van der Waals surface area contributed by atoms with Crippen molar-refractivity contribution in [1.82, 2.24) is 0 Å². The van der Waals surface area contributed by atoms with Crippen molar-refractivity contribution in [1.29, 1.82) is 0 Å². The molecule has 6 aromatic rings. The lowest BCUT2D eigenvalue weighted by atomic mass is 9.65. The third-order valence-electron chi connectivity index (χ3n) is 10.7. The molecule has 2 heterocycles. The molecule has 51 heavy (non-hydrogen) atoms. The van der Waals surface area contributed by atoms with E-state index in [0.717, 1.165) is 57.4 Å². The Kier molecular flexibility index (Phi) is 7.54. The molecule has 1 unspecified atom stereocenters. The van der Waals surface area contributed by atoms with Crippen LogP contribution in [0.1, 0.15) is 45.5 Å². The Labute approximate surface area is 297 Å². The van der Waals surface area contributed by atoms with Gasteiger partial charge in [-0.1, -0.05) is 78.9 Å². The number of carbonyl (C=O) groups is 1. The molecule has 0 radical (unpaired) electrons. The Hall–Kier alpha value is -6.01. The summed E-state index contributed by atoms with van der Waals surface area (Å²) in [6.45, 7) is 2.17. The van der Waals surface area contributed by atoms with Gasteiger partial charge in [-0.2, -0.15) is 0 Å². The Bertz CT molecular complexity index is 2320. The molecule has 0 aromatic heterocycles. The monoisotopic (exact) mass is 671 g/mol. The fourth-order valence-corrected chi connectivity index (χ4v) is 8.15. The van der Waals surface area contributed by atoms with Crippen molar-refractivity contribution < 1.29 is 23.7 Å². The number of hydrogen-bond acceptors (Lipinski definition) is 6. The van der Waals surface area contributed by atoms with Gasteiger partial charge in [0.15, 0.2) is 23.0 Å². The molecule has 3 aliphatic rings. The van der Waals surface area contributed by atoms with Crippen LogP contribution in [0.5, 0.6) is 28.7 Å². The topological polar surface area (TPSA) is 57.2 Å². The molecule has 2 aliphatic heterocycles. The van der Waals surface area contributed by atoms with Crippen LogP contribution in [-0.4, -0.2) is 33.3 Å². The molecule has 6 aromatic carbocycles. The number of esters is 1. The number of methoxy groups -OCH3 is 2. The molecule has 0 saturated carbocycles. The van der Waals surface area contributed by atoms with Crippen LogP contribution < -0.4 is 19.1 Å². The number of rotatable bonds is 6. The summed E-state index contributed by atoms with van der Waals surface area (Å²) in [7, 11) is 3.14. The second kappa shape index (κ2) is 12.4. The molecule has 0 amide bonds. The van der Waals surface area contributed by atoms with E-state index >= 15 is 0 Å². The summed E-state index contributed by atoms with van der Waals surface area (Å²) in [4.78, 5) is 16.4. The van der Waals surface area contributed by atoms with Gasteiger partial charge in [-0.3, -0.25) is 0 Å². The molecule has 6 nitrogen and oxygen atoms in total. The molecule has 1 aliphatic carbocycles. The van der Waals surface area contributed by atoms with Crippen molar-refractivity contribution in [2.45, 2.75) is 24.7 Å². The van der Waals surface area contributed by atoms with Gasteiger partial charge < -0.3 is 23.8 Å². The maximum Gasteiger partial charge on any atom is 0.339 e. The third kappa shape index (κ3) is 5.13. The first-order valence-corrected chi connectivity index (χ1v) is 17.5. The molecular formula is C45H37NO5. The van der Waals surface area contributed by atoms with Gasteiger partial charge in [-0.25, -0.2) is 4.79 Å². The van der Waals surface area contributed by atoms with E-state index in [-0.39, 0.29) is 5.97 Å². The van der Waals surface area contributed by atoms with Crippen LogP contribution in [0.25, 0.3) is 28.0 Å². The predicted molar refractivity (Wildman–Crippen MR) is 202 cm³/mol. The van der Waals surface area contributed by atoms with Gasteiger partial charge in [-0.15, -0.1) is 0 Å². The molecule has 1 atom stereocenters. The molecule has 0 bridgehead atoms. The largest absolute Gasteiger partial charge is 0.497 e. The number of allylic oxidation sites excluding steroid dienone is 1. The molecule has 9 rings (SSSR count). The van der Waals surface area contributed by atoms with Gasteiger partial charge in [0.25, 0.3) is 0 Å². The fourth-order valence-electron chi connectivity index (χ4n) is 8.15. The Morgan fingerprint density at radius 1 is 0.706 bits per heavy atom. The van der Waals surface area contributed by atoms with Crippen LogP contribution in [0, 0.1) is 0 Å². The average molecular weight is 672 g/mol. The first-order valence-electron chi connectivity index (χ1n) is 17.5. The summed E-state index contributed by atoms with van der Waals surface area (Å²) in [6, 6.07) is 39.2. The van der Waals surface area contributed by atoms with E-state index in [1.54, 1.807) is 7.11 Å². The molecule has 252 valence electrons. The summed E-state index contributed by atoms with van der Waals surface area (Å²) < 4.78 is 24.0. The van der Waals surface area contributed by atoms with Gasteiger partial charge in [-0.05, 0) is 106 Å². The Morgan fingerprint density at radius 2 is 1.31 bits per heavy atom. The molecule has 6 heteroatoms. The van der Waals surface area contributed by atoms with Crippen LogP contribution in [0.4, 0.5) is 5.69 Å². The highest BCUT2D eigenvalue weighted by Gasteiger charge is 2.39. The molecule has 0 N–H and O–H groups in total. The van der Waals surface area contributed by atoms with Gasteiger partial charge in [0, 0.05) is 29.8 Å². The lowest BCUT2D eigenvalue weighted by Crippen LogP contribution is -2.31. The summed E-state index contributed by atoms with van der Waals surface area (Å²) >= 11 is 0. The van der Waals surface area contributed by atoms with Crippen molar-refractivity contribution in [2.75, 3.05) is 32.2 Å². The summed E-state index contributed by atoms with van der Waals surface area (Å²) in [5.74, 6) is 2.96. The smallest absolute Gasteiger partial charge is 0.339 e. The average Bonchev–Trinajstić information content (AvgIpc) is 3.74.